The molecule has 1 fully saturated rings. The quantitative estimate of drug-likeness (QED) is 0.838. The maximum atomic E-state index is 6.20. The third-order valence-corrected chi connectivity index (χ3v) is 4.52. The van der Waals surface area contributed by atoms with Crippen molar-refractivity contribution in [2.24, 2.45) is 5.73 Å². The molecular formula is C16H24N2. The van der Waals surface area contributed by atoms with Gasteiger partial charge in [-0.15, -0.1) is 0 Å². The van der Waals surface area contributed by atoms with Gasteiger partial charge in [0.05, 0.1) is 0 Å². The second-order valence-electron chi connectivity index (χ2n) is 5.89. The highest BCUT2D eigenvalue weighted by Crippen LogP contribution is 2.26. The minimum Gasteiger partial charge on any atom is -0.381 e. The van der Waals surface area contributed by atoms with Gasteiger partial charge in [-0.25, -0.2) is 0 Å². The molecule has 1 saturated carbocycles. The van der Waals surface area contributed by atoms with Gasteiger partial charge in [-0.2, -0.15) is 0 Å². The third-order valence-electron chi connectivity index (χ3n) is 4.52. The molecule has 18 heavy (non-hydrogen) atoms. The second kappa shape index (κ2) is 5.31. The van der Waals surface area contributed by atoms with Crippen LogP contribution in [0.25, 0.3) is 0 Å². The molecule has 2 heteroatoms. The van der Waals surface area contributed by atoms with Gasteiger partial charge in [-0.1, -0.05) is 18.9 Å². The first-order chi connectivity index (χ1) is 8.83. The normalized spacial score (nSPS) is 27.6. The van der Waals surface area contributed by atoms with E-state index in [1.807, 2.05) is 0 Å². The van der Waals surface area contributed by atoms with Crippen molar-refractivity contribution in [1.29, 1.82) is 0 Å². The van der Waals surface area contributed by atoms with Crippen LogP contribution in [0.2, 0.25) is 0 Å². The molecule has 1 aromatic rings. The molecule has 2 atom stereocenters. The molecule has 0 radical (unpaired) electrons. The van der Waals surface area contributed by atoms with E-state index >= 15 is 0 Å². The summed E-state index contributed by atoms with van der Waals surface area (Å²) in [7, 11) is 0. The van der Waals surface area contributed by atoms with Crippen LogP contribution < -0.4 is 11.1 Å². The van der Waals surface area contributed by atoms with Crippen LogP contribution in [0.4, 0.5) is 5.69 Å². The van der Waals surface area contributed by atoms with E-state index in [1.165, 1.54) is 57.1 Å². The van der Waals surface area contributed by atoms with Crippen molar-refractivity contribution in [3.05, 3.63) is 29.3 Å². The Morgan fingerprint density at radius 1 is 0.944 bits per heavy atom. The van der Waals surface area contributed by atoms with Crippen molar-refractivity contribution >= 4 is 5.69 Å². The van der Waals surface area contributed by atoms with Crippen LogP contribution in [0.1, 0.15) is 49.7 Å². The highest BCUT2D eigenvalue weighted by molar-refractivity contribution is 5.50. The van der Waals surface area contributed by atoms with Gasteiger partial charge in [0.1, 0.15) is 0 Å². The Balaban J connectivity index is 1.72. The number of aryl methyl sites for hydroxylation is 2. The highest BCUT2D eigenvalue weighted by Gasteiger charge is 2.21. The standard InChI is InChI=1S/C16H24N2/c17-15-7-3-4-8-16(15)18-14-10-9-12-5-1-2-6-13(12)11-14/h9-11,15-16,18H,1-8,17H2. The van der Waals surface area contributed by atoms with Crippen LogP contribution in [0.15, 0.2) is 18.2 Å². The maximum Gasteiger partial charge on any atom is 0.0412 e. The highest BCUT2D eigenvalue weighted by atomic mass is 15.0. The molecule has 3 rings (SSSR count). The fourth-order valence-electron chi connectivity index (χ4n) is 3.38. The number of nitrogens with two attached hydrogens (primary N) is 1. The number of rotatable bonds is 2. The summed E-state index contributed by atoms with van der Waals surface area (Å²) in [5.74, 6) is 0. The van der Waals surface area contributed by atoms with Crippen molar-refractivity contribution in [1.82, 2.24) is 0 Å². The van der Waals surface area contributed by atoms with Crippen LogP contribution >= 0.6 is 0 Å². The Bertz CT molecular complexity index is 414. The van der Waals surface area contributed by atoms with E-state index in [9.17, 15) is 0 Å². The minimum absolute atomic E-state index is 0.329. The van der Waals surface area contributed by atoms with Crippen LogP contribution in [-0.2, 0) is 12.8 Å². The molecule has 2 unspecified atom stereocenters. The Morgan fingerprint density at radius 2 is 1.72 bits per heavy atom. The number of hydrogen-bond acceptors (Lipinski definition) is 2. The van der Waals surface area contributed by atoms with Crippen molar-refractivity contribution in [3.8, 4) is 0 Å². The fraction of sp³-hybridized carbons (Fsp3) is 0.625. The number of benzene rings is 1. The first kappa shape index (κ1) is 12.0. The Morgan fingerprint density at radius 3 is 2.56 bits per heavy atom. The van der Waals surface area contributed by atoms with Crippen LogP contribution in [0.5, 0.6) is 0 Å². The molecule has 98 valence electrons. The molecule has 0 amide bonds. The smallest absolute Gasteiger partial charge is 0.0412 e. The van der Waals surface area contributed by atoms with E-state index in [2.05, 4.69) is 23.5 Å². The summed E-state index contributed by atoms with van der Waals surface area (Å²) < 4.78 is 0. The summed E-state index contributed by atoms with van der Waals surface area (Å²) >= 11 is 0. The summed E-state index contributed by atoms with van der Waals surface area (Å²) in [5, 5.41) is 3.66. The number of nitrogens with one attached hydrogen (secondary N) is 1. The van der Waals surface area contributed by atoms with E-state index < -0.39 is 0 Å². The van der Waals surface area contributed by atoms with Crippen LogP contribution in [-0.4, -0.2) is 12.1 Å². The fourth-order valence-corrected chi connectivity index (χ4v) is 3.38. The molecule has 2 nitrogen and oxygen atoms in total. The molecule has 0 bridgehead atoms. The lowest BCUT2D eigenvalue weighted by Gasteiger charge is -2.30. The van der Waals surface area contributed by atoms with Gasteiger partial charge >= 0.3 is 0 Å². The number of hydrogen-bond donors (Lipinski definition) is 2. The van der Waals surface area contributed by atoms with Crippen LogP contribution in [0, 0.1) is 0 Å². The van der Waals surface area contributed by atoms with Crippen molar-refractivity contribution in [3.63, 3.8) is 0 Å². The molecule has 0 spiro atoms. The molecule has 0 aromatic heterocycles. The van der Waals surface area contributed by atoms with E-state index in [1.54, 1.807) is 11.1 Å². The van der Waals surface area contributed by atoms with Gasteiger partial charge in [0.2, 0.25) is 0 Å². The van der Waals surface area contributed by atoms with Crippen LogP contribution in [0.3, 0.4) is 0 Å². The summed E-state index contributed by atoms with van der Waals surface area (Å²) in [6, 6.07) is 7.71. The Hall–Kier alpha value is -1.02. The monoisotopic (exact) mass is 244 g/mol. The zero-order chi connectivity index (χ0) is 12.4. The van der Waals surface area contributed by atoms with E-state index in [0.29, 0.717) is 12.1 Å². The third kappa shape index (κ3) is 2.54. The molecular weight excluding hydrogens is 220 g/mol. The summed E-state index contributed by atoms with van der Waals surface area (Å²) in [6.45, 7) is 0. The topological polar surface area (TPSA) is 38.0 Å². The van der Waals surface area contributed by atoms with Crippen molar-refractivity contribution < 1.29 is 0 Å². The van der Waals surface area contributed by atoms with Gasteiger partial charge in [-0.3, -0.25) is 0 Å². The predicted molar refractivity (Wildman–Crippen MR) is 76.9 cm³/mol. The second-order valence-corrected chi connectivity index (χ2v) is 5.89. The first-order valence-corrected chi connectivity index (χ1v) is 7.47. The zero-order valence-electron chi connectivity index (χ0n) is 11.1. The zero-order valence-corrected chi connectivity index (χ0v) is 11.1. The molecule has 0 saturated heterocycles. The lowest BCUT2D eigenvalue weighted by molar-refractivity contribution is 0.404. The molecule has 2 aliphatic rings. The van der Waals surface area contributed by atoms with E-state index in [-0.39, 0.29) is 0 Å². The molecule has 0 aliphatic heterocycles. The lowest BCUT2D eigenvalue weighted by Crippen LogP contribution is -2.42. The summed E-state index contributed by atoms with van der Waals surface area (Å²) in [4.78, 5) is 0. The lowest BCUT2D eigenvalue weighted by atomic mass is 9.89. The first-order valence-electron chi connectivity index (χ1n) is 7.47. The number of fused-ring (bicyclic) bond motifs is 1. The van der Waals surface area contributed by atoms with Gasteiger partial charge in [0, 0.05) is 17.8 Å². The van der Waals surface area contributed by atoms with E-state index in [0.717, 1.165) is 0 Å². The minimum atomic E-state index is 0.329. The average Bonchev–Trinajstić information content (AvgIpc) is 2.41. The van der Waals surface area contributed by atoms with Crippen molar-refractivity contribution in [2.45, 2.75) is 63.5 Å². The van der Waals surface area contributed by atoms with Gasteiger partial charge in [-0.05, 0) is 61.8 Å². The van der Waals surface area contributed by atoms with E-state index in [4.69, 9.17) is 5.73 Å². The molecule has 3 N–H and O–H groups in total. The van der Waals surface area contributed by atoms with Gasteiger partial charge < -0.3 is 11.1 Å². The van der Waals surface area contributed by atoms with Crippen molar-refractivity contribution in [2.75, 3.05) is 5.32 Å². The molecule has 1 aromatic carbocycles. The summed E-state index contributed by atoms with van der Waals surface area (Å²) in [5.41, 5.74) is 10.6. The number of anilines is 1. The molecule has 0 heterocycles. The molecule has 2 aliphatic carbocycles. The maximum absolute atomic E-state index is 6.20. The van der Waals surface area contributed by atoms with Gasteiger partial charge in [0.15, 0.2) is 0 Å². The Labute approximate surface area is 110 Å². The van der Waals surface area contributed by atoms with Gasteiger partial charge in [0.25, 0.3) is 0 Å². The average molecular weight is 244 g/mol. The Kier molecular flexibility index (Phi) is 3.55. The predicted octanol–water partition coefficient (Wildman–Crippen LogP) is 3.25. The largest absolute Gasteiger partial charge is 0.381 e. The SMILES string of the molecule is NC1CCCCC1Nc1ccc2c(c1)CCCC2. The summed E-state index contributed by atoms with van der Waals surface area (Å²) in [6.07, 6.45) is 10.2.